The van der Waals surface area contributed by atoms with Gasteiger partial charge in [0.25, 0.3) is 0 Å². The van der Waals surface area contributed by atoms with E-state index in [1.807, 2.05) is 36.4 Å². The summed E-state index contributed by atoms with van der Waals surface area (Å²) in [4.78, 5) is 2.37. The van der Waals surface area contributed by atoms with E-state index in [0.717, 1.165) is 42.1 Å². The minimum atomic E-state index is -0.238. The summed E-state index contributed by atoms with van der Waals surface area (Å²) >= 11 is 0. The predicted molar refractivity (Wildman–Crippen MR) is 125 cm³/mol. The minimum Gasteiger partial charge on any atom is -0.489 e. The lowest BCUT2D eigenvalue weighted by Gasteiger charge is -2.38. The molecule has 0 N–H and O–H groups in total. The van der Waals surface area contributed by atoms with E-state index in [4.69, 9.17) is 14.2 Å². The van der Waals surface area contributed by atoms with Gasteiger partial charge in [-0.15, -0.1) is 0 Å². The van der Waals surface area contributed by atoms with Gasteiger partial charge in [-0.1, -0.05) is 67.6 Å². The molecule has 0 aliphatic carbocycles. The van der Waals surface area contributed by atoms with E-state index in [1.54, 1.807) is 0 Å². The van der Waals surface area contributed by atoms with Crippen LogP contribution in [0.3, 0.4) is 0 Å². The highest BCUT2D eigenvalue weighted by atomic mass is 16.6. The van der Waals surface area contributed by atoms with Crippen LogP contribution in [0.5, 0.6) is 11.5 Å². The number of ether oxygens (including phenoxy) is 3. The quantitative estimate of drug-likeness (QED) is 0.463. The van der Waals surface area contributed by atoms with Crippen molar-refractivity contribution in [3.8, 4) is 11.5 Å². The van der Waals surface area contributed by atoms with E-state index >= 15 is 0 Å². The van der Waals surface area contributed by atoms with Crippen molar-refractivity contribution >= 4 is 5.69 Å². The molecule has 1 saturated heterocycles. The standard InChI is InChI=1S/C27H31NO3/c1-3-18-30-26-21(2)11-10-16-24(26)31-27(22-12-6-4-7-13-22)25-20-28(17-19-29-25)23-14-8-5-9-15-23/h4-16,25,27H,3,17-20H2,1-2H3. The molecule has 1 heterocycles. The Balaban J connectivity index is 1.63. The highest BCUT2D eigenvalue weighted by Gasteiger charge is 2.32. The Hall–Kier alpha value is -2.98. The van der Waals surface area contributed by atoms with Crippen molar-refractivity contribution in [1.29, 1.82) is 0 Å². The first-order chi connectivity index (χ1) is 15.3. The molecule has 0 amide bonds. The Morgan fingerprint density at radius 2 is 1.71 bits per heavy atom. The topological polar surface area (TPSA) is 30.9 Å². The van der Waals surface area contributed by atoms with Crippen molar-refractivity contribution < 1.29 is 14.2 Å². The van der Waals surface area contributed by atoms with E-state index < -0.39 is 0 Å². The molecule has 31 heavy (non-hydrogen) atoms. The second-order valence-electron chi connectivity index (χ2n) is 7.89. The molecule has 1 fully saturated rings. The van der Waals surface area contributed by atoms with Gasteiger partial charge < -0.3 is 19.1 Å². The van der Waals surface area contributed by atoms with Gasteiger partial charge in [0.15, 0.2) is 17.6 Å². The molecule has 2 unspecified atom stereocenters. The molecule has 4 nitrogen and oxygen atoms in total. The van der Waals surface area contributed by atoms with Crippen molar-refractivity contribution in [3.63, 3.8) is 0 Å². The zero-order chi connectivity index (χ0) is 21.5. The van der Waals surface area contributed by atoms with Crippen LogP contribution in [0.25, 0.3) is 0 Å². The number of morpholine rings is 1. The Bertz CT molecular complexity index is 945. The number of nitrogens with zero attached hydrogens (tertiary/aromatic N) is 1. The molecule has 162 valence electrons. The lowest BCUT2D eigenvalue weighted by Crippen LogP contribution is -2.46. The fourth-order valence-corrected chi connectivity index (χ4v) is 3.98. The highest BCUT2D eigenvalue weighted by molar-refractivity contribution is 5.48. The average molecular weight is 418 g/mol. The maximum Gasteiger partial charge on any atom is 0.164 e. The molecule has 0 aromatic heterocycles. The zero-order valence-electron chi connectivity index (χ0n) is 18.4. The first-order valence-electron chi connectivity index (χ1n) is 11.1. The van der Waals surface area contributed by atoms with Gasteiger partial charge in [0.05, 0.1) is 13.2 Å². The second kappa shape index (κ2) is 10.4. The minimum absolute atomic E-state index is 0.101. The molecule has 4 rings (SSSR count). The normalized spacial score (nSPS) is 17.2. The summed E-state index contributed by atoms with van der Waals surface area (Å²) < 4.78 is 19.0. The molecule has 2 atom stereocenters. The maximum absolute atomic E-state index is 6.66. The van der Waals surface area contributed by atoms with Gasteiger partial charge in [0.2, 0.25) is 0 Å². The van der Waals surface area contributed by atoms with Crippen molar-refractivity contribution in [1.82, 2.24) is 0 Å². The van der Waals surface area contributed by atoms with Crippen LogP contribution in [-0.4, -0.2) is 32.4 Å². The monoisotopic (exact) mass is 417 g/mol. The molecule has 1 aliphatic rings. The number of hydrogen-bond acceptors (Lipinski definition) is 4. The summed E-state index contributed by atoms with van der Waals surface area (Å²) in [6.45, 7) is 7.14. The first-order valence-corrected chi connectivity index (χ1v) is 11.1. The predicted octanol–water partition coefficient (Wildman–Crippen LogP) is 5.81. The second-order valence-corrected chi connectivity index (χ2v) is 7.89. The number of anilines is 1. The lowest BCUT2D eigenvalue weighted by atomic mass is 10.0. The summed E-state index contributed by atoms with van der Waals surface area (Å²) in [5, 5.41) is 0. The SMILES string of the molecule is CCCOc1c(C)cccc1OC(c1ccccc1)C1CN(c2ccccc2)CCO1. The third-order valence-corrected chi connectivity index (χ3v) is 5.56. The molecule has 4 heteroatoms. The van der Waals surface area contributed by atoms with Crippen LogP contribution in [0.15, 0.2) is 78.9 Å². The molecule has 0 radical (unpaired) electrons. The largest absolute Gasteiger partial charge is 0.489 e. The molecule has 3 aromatic rings. The first kappa shape index (κ1) is 21.3. The van der Waals surface area contributed by atoms with Gasteiger partial charge in [-0.05, 0) is 42.7 Å². The number of benzene rings is 3. The fraction of sp³-hybridized carbons (Fsp3) is 0.333. The van der Waals surface area contributed by atoms with E-state index in [9.17, 15) is 0 Å². The number of aryl methyl sites for hydroxylation is 1. The van der Waals surface area contributed by atoms with Crippen molar-refractivity contribution in [3.05, 3.63) is 90.0 Å². The summed E-state index contributed by atoms with van der Waals surface area (Å²) in [5.74, 6) is 1.59. The van der Waals surface area contributed by atoms with Gasteiger partial charge >= 0.3 is 0 Å². The Labute approximate surface area is 185 Å². The molecule has 0 saturated carbocycles. The Kier molecular flexibility index (Phi) is 7.11. The van der Waals surface area contributed by atoms with Gasteiger partial charge in [0, 0.05) is 18.8 Å². The summed E-state index contributed by atoms with van der Waals surface area (Å²) in [7, 11) is 0. The summed E-state index contributed by atoms with van der Waals surface area (Å²) in [5.41, 5.74) is 3.39. The smallest absolute Gasteiger partial charge is 0.164 e. The molecular weight excluding hydrogens is 386 g/mol. The highest BCUT2D eigenvalue weighted by Crippen LogP contribution is 2.37. The Morgan fingerprint density at radius 3 is 2.45 bits per heavy atom. The van der Waals surface area contributed by atoms with Crippen molar-refractivity contribution in [2.75, 3.05) is 31.2 Å². The lowest BCUT2D eigenvalue weighted by molar-refractivity contribution is -0.0357. The van der Waals surface area contributed by atoms with Crippen LogP contribution in [0.2, 0.25) is 0 Å². The Morgan fingerprint density at radius 1 is 0.968 bits per heavy atom. The molecule has 0 bridgehead atoms. The van der Waals surface area contributed by atoms with E-state index in [2.05, 4.69) is 61.2 Å². The number of para-hydroxylation sites is 2. The molecule has 1 aliphatic heterocycles. The van der Waals surface area contributed by atoms with Gasteiger partial charge in [-0.25, -0.2) is 0 Å². The van der Waals surface area contributed by atoms with Crippen LogP contribution in [0.1, 0.15) is 30.6 Å². The van der Waals surface area contributed by atoms with Crippen LogP contribution in [0.4, 0.5) is 5.69 Å². The van der Waals surface area contributed by atoms with E-state index in [-0.39, 0.29) is 12.2 Å². The summed E-state index contributed by atoms with van der Waals surface area (Å²) in [6.07, 6.45) is 0.614. The van der Waals surface area contributed by atoms with Crippen molar-refractivity contribution in [2.45, 2.75) is 32.5 Å². The van der Waals surface area contributed by atoms with Crippen LogP contribution in [-0.2, 0) is 4.74 Å². The van der Waals surface area contributed by atoms with Crippen LogP contribution >= 0.6 is 0 Å². The summed E-state index contributed by atoms with van der Waals surface area (Å²) in [6, 6.07) is 26.9. The molecule has 0 spiro atoms. The average Bonchev–Trinajstić information content (AvgIpc) is 2.83. The number of rotatable bonds is 8. The third kappa shape index (κ3) is 5.20. The third-order valence-electron chi connectivity index (χ3n) is 5.56. The zero-order valence-corrected chi connectivity index (χ0v) is 18.4. The van der Waals surface area contributed by atoms with Crippen LogP contribution in [0, 0.1) is 6.92 Å². The maximum atomic E-state index is 6.66. The van der Waals surface area contributed by atoms with Gasteiger partial charge in [-0.2, -0.15) is 0 Å². The van der Waals surface area contributed by atoms with Crippen LogP contribution < -0.4 is 14.4 Å². The fourth-order valence-electron chi connectivity index (χ4n) is 3.98. The van der Waals surface area contributed by atoms with Gasteiger partial charge in [-0.3, -0.25) is 0 Å². The van der Waals surface area contributed by atoms with E-state index in [1.165, 1.54) is 5.69 Å². The van der Waals surface area contributed by atoms with E-state index in [0.29, 0.717) is 13.2 Å². The van der Waals surface area contributed by atoms with Crippen molar-refractivity contribution in [2.24, 2.45) is 0 Å². The van der Waals surface area contributed by atoms with Gasteiger partial charge in [0.1, 0.15) is 6.10 Å². The molecular formula is C27H31NO3. The number of hydrogen-bond donors (Lipinski definition) is 0. The molecule has 3 aromatic carbocycles.